The monoisotopic (exact) mass is 364 g/mol. The fraction of sp³-hybridized carbons (Fsp3) is 0.300. The molecular weight excluding hydrogens is 358 g/mol. The summed E-state index contributed by atoms with van der Waals surface area (Å²) >= 11 is 1.37. The summed E-state index contributed by atoms with van der Waals surface area (Å²) in [6.45, 7) is 1.03. The fourth-order valence-corrected chi connectivity index (χ4v) is 2.07. The van der Waals surface area contributed by atoms with E-state index in [9.17, 15) is 26.7 Å². The van der Waals surface area contributed by atoms with Gasteiger partial charge in [0, 0.05) is 14.7 Å². The van der Waals surface area contributed by atoms with Crippen LogP contribution in [0.15, 0.2) is 12.1 Å². The van der Waals surface area contributed by atoms with Crippen molar-refractivity contribution >= 4 is 28.4 Å². The first-order valence-electron chi connectivity index (χ1n) is 4.34. The first kappa shape index (κ1) is 14.3. The molecule has 94 valence electrons. The van der Waals surface area contributed by atoms with Gasteiger partial charge in [-0.05, 0) is 41.6 Å². The standard InChI is InChI=1S/C10H6F5IO/c1-4(17)5-3-8(16)7(10(13,14)15)2-6(5)9(11)12/h2-3,9H,1H3. The highest BCUT2D eigenvalue weighted by Crippen LogP contribution is 2.37. The number of Topliss-reactive ketones (excluding diaryl/α,β-unsaturated/α-hetero) is 1. The van der Waals surface area contributed by atoms with Crippen LogP contribution in [-0.2, 0) is 6.18 Å². The molecule has 0 aliphatic rings. The zero-order valence-corrected chi connectivity index (χ0v) is 10.6. The maximum atomic E-state index is 12.6. The smallest absolute Gasteiger partial charge is 0.294 e. The maximum absolute atomic E-state index is 12.6. The van der Waals surface area contributed by atoms with Crippen molar-refractivity contribution < 1.29 is 26.7 Å². The van der Waals surface area contributed by atoms with Crippen LogP contribution < -0.4 is 0 Å². The molecule has 0 heterocycles. The number of ketones is 1. The van der Waals surface area contributed by atoms with Gasteiger partial charge in [0.2, 0.25) is 0 Å². The lowest BCUT2D eigenvalue weighted by Gasteiger charge is -2.13. The van der Waals surface area contributed by atoms with Crippen molar-refractivity contribution in [1.29, 1.82) is 0 Å². The summed E-state index contributed by atoms with van der Waals surface area (Å²) in [6.07, 6.45) is -7.83. The Bertz CT molecular complexity index is 453. The molecule has 17 heavy (non-hydrogen) atoms. The summed E-state index contributed by atoms with van der Waals surface area (Å²) in [4.78, 5) is 11.1. The molecule has 0 amide bonds. The topological polar surface area (TPSA) is 17.1 Å². The van der Waals surface area contributed by atoms with Crippen molar-refractivity contribution in [3.05, 3.63) is 32.4 Å². The van der Waals surface area contributed by atoms with Crippen LogP contribution in [0.3, 0.4) is 0 Å². The summed E-state index contributed by atoms with van der Waals surface area (Å²) in [5.74, 6) is -0.688. The number of rotatable bonds is 2. The van der Waals surface area contributed by atoms with E-state index in [0.717, 1.165) is 13.0 Å². The van der Waals surface area contributed by atoms with Crippen LogP contribution >= 0.6 is 22.6 Å². The number of benzene rings is 1. The number of hydrogen-bond acceptors (Lipinski definition) is 1. The Kier molecular flexibility index (Phi) is 4.11. The van der Waals surface area contributed by atoms with Crippen LogP contribution in [0.5, 0.6) is 0 Å². The average Bonchev–Trinajstić information content (AvgIpc) is 2.14. The fourth-order valence-electron chi connectivity index (χ4n) is 1.29. The van der Waals surface area contributed by atoms with E-state index < -0.39 is 29.5 Å². The molecule has 0 aliphatic carbocycles. The van der Waals surface area contributed by atoms with Crippen LogP contribution in [0.25, 0.3) is 0 Å². The first-order valence-corrected chi connectivity index (χ1v) is 5.42. The lowest BCUT2D eigenvalue weighted by atomic mass is 10.0. The van der Waals surface area contributed by atoms with Crippen molar-refractivity contribution in [3.63, 3.8) is 0 Å². The summed E-state index contributed by atoms with van der Waals surface area (Å²) in [6, 6.07) is 1.18. The lowest BCUT2D eigenvalue weighted by Crippen LogP contribution is -2.11. The van der Waals surface area contributed by atoms with Gasteiger partial charge in [-0.3, -0.25) is 4.79 Å². The van der Waals surface area contributed by atoms with Crippen molar-refractivity contribution in [2.75, 3.05) is 0 Å². The molecule has 1 rings (SSSR count). The summed E-state index contributed by atoms with van der Waals surface area (Å²) in [5, 5.41) is 0. The van der Waals surface area contributed by atoms with E-state index in [1.54, 1.807) is 0 Å². The molecule has 0 aliphatic heterocycles. The van der Waals surface area contributed by atoms with Crippen LogP contribution in [0.2, 0.25) is 0 Å². The summed E-state index contributed by atoms with van der Waals surface area (Å²) < 4.78 is 62.3. The Hall–Kier alpha value is -0.730. The minimum Gasteiger partial charge on any atom is -0.294 e. The van der Waals surface area contributed by atoms with Gasteiger partial charge in [0.1, 0.15) is 0 Å². The Morgan fingerprint density at radius 1 is 1.29 bits per heavy atom. The molecule has 0 unspecified atom stereocenters. The number of hydrogen-bond donors (Lipinski definition) is 0. The highest BCUT2D eigenvalue weighted by atomic mass is 127. The minimum atomic E-state index is -4.71. The van der Waals surface area contributed by atoms with E-state index in [2.05, 4.69) is 0 Å². The quantitative estimate of drug-likeness (QED) is 0.431. The van der Waals surface area contributed by atoms with Gasteiger partial charge in [-0.15, -0.1) is 0 Å². The second-order valence-electron chi connectivity index (χ2n) is 3.27. The number of carbonyl (C=O) groups is 1. The normalized spacial score (nSPS) is 12.0. The van der Waals surface area contributed by atoms with E-state index in [1.165, 1.54) is 22.6 Å². The Morgan fingerprint density at radius 3 is 2.18 bits per heavy atom. The molecule has 7 heteroatoms. The van der Waals surface area contributed by atoms with Crippen LogP contribution in [-0.4, -0.2) is 5.78 Å². The third-order valence-corrected chi connectivity index (χ3v) is 2.95. The first-order chi connectivity index (χ1) is 7.64. The molecular formula is C10H6F5IO. The van der Waals surface area contributed by atoms with Gasteiger partial charge in [-0.2, -0.15) is 13.2 Å². The van der Waals surface area contributed by atoms with Crippen molar-refractivity contribution in [2.45, 2.75) is 19.5 Å². The van der Waals surface area contributed by atoms with E-state index >= 15 is 0 Å². The second-order valence-corrected chi connectivity index (χ2v) is 4.44. The van der Waals surface area contributed by atoms with Crippen LogP contribution in [0, 0.1) is 3.57 Å². The Balaban J connectivity index is 3.51. The average molecular weight is 364 g/mol. The number of alkyl halides is 5. The predicted octanol–water partition coefficient (Wildman–Crippen LogP) is 4.45. The molecule has 1 nitrogen and oxygen atoms in total. The minimum absolute atomic E-state index is 0.273. The van der Waals surface area contributed by atoms with Gasteiger partial charge >= 0.3 is 6.18 Å². The molecule has 0 spiro atoms. The van der Waals surface area contributed by atoms with Crippen molar-refractivity contribution in [2.24, 2.45) is 0 Å². The number of halogens is 6. The molecule has 0 aromatic heterocycles. The SMILES string of the molecule is CC(=O)c1cc(I)c(C(F)(F)F)cc1C(F)F. The van der Waals surface area contributed by atoms with E-state index in [-0.39, 0.29) is 9.13 Å². The van der Waals surface area contributed by atoms with Gasteiger partial charge in [0.05, 0.1) is 5.56 Å². The van der Waals surface area contributed by atoms with Gasteiger partial charge < -0.3 is 0 Å². The molecule has 0 N–H and O–H groups in total. The van der Waals surface area contributed by atoms with E-state index in [0.29, 0.717) is 6.07 Å². The van der Waals surface area contributed by atoms with E-state index in [1.807, 2.05) is 0 Å². The summed E-state index contributed by atoms with van der Waals surface area (Å²) in [7, 11) is 0. The molecule has 0 bridgehead atoms. The van der Waals surface area contributed by atoms with Gasteiger partial charge in [-0.25, -0.2) is 8.78 Å². The molecule has 0 saturated heterocycles. The zero-order valence-electron chi connectivity index (χ0n) is 8.41. The molecule has 1 aromatic rings. The van der Waals surface area contributed by atoms with Gasteiger partial charge in [-0.1, -0.05) is 0 Å². The predicted molar refractivity (Wildman–Crippen MR) is 59.1 cm³/mol. The molecule has 0 atom stereocenters. The molecule has 1 aromatic carbocycles. The van der Waals surface area contributed by atoms with Gasteiger partial charge in [0.15, 0.2) is 5.78 Å². The summed E-state index contributed by atoms with van der Waals surface area (Å²) in [5.41, 5.74) is -2.42. The maximum Gasteiger partial charge on any atom is 0.417 e. The Labute approximate surface area is 107 Å². The number of carbonyl (C=O) groups excluding carboxylic acids is 1. The van der Waals surface area contributed by atoms with Gasteiger partial charge in [0.25, 0.3) is 6.43 Å². The molecule has 0 saturated carbocycles. The lowest BCUT2D eigenvalue weighted by molar-refractivity contribution is -0.138. The van der Waals surface area contributed by atoms with Crippen molar-refractivity contribution in [3.8, 4) is 0 Å². The highest BCUT2D eigenvalue weighted by molar-refractivity contribution is 14.1. The molecule has 0 fully saturated rings. The third-order valence-electron chi connectivity index (χ3n) is 2.06. The van der Waals surface area contributed by atoms with Crippen molar-refractivity contribution in [1.82, 2.24) is 0 Å². The third kappa shape index (κ3) is 3.14. The molecule has 0 radical (unpaired) electrons. The zero-order chi connectivity index (χ0) is 13.4. The largest absolute Gasteiger partial charge is 0.417 e. The van der Waals surface area contributed by atoms with Crippen LogP contribution in [0.4, 0.5) is 22.0 Å². The van der Waals surface area contributed by atoms with E-state index in [4.69, 9.17) is 0 Å². The highest BCUT2D eigenvalue weighted by Gasteiger charge is 2.35. The Morgan fingerprint density at radius 2 is 1.82 bits per heavy atom. The second kappa shape index (κ2) is 4.87. The van der Waals surface area contributed by atoms with Crippen LogP contribution in [0.1, 0.15) is 34.8 Å².